The van der Waals surface area contributed by atoms with Crippen molar-refractivity contribution in [2.75, 3.05) is 13.7 Å². The lowest BCUT2D eigenvalue weighted by atomic mass is 10.2. The largest absolute Gasteiger partial charge is 0.497 e. The second kappa shape index (κ2) is 6.16. The zero-order chi connectivity index (χ0) is 12.8. The van der Waals surface area contributed by atoms with E-state index in [0.717, 1.165) is 31.1 Å². The van der Waals surface area contributed by atoms with Gasteiger partial charge in [0.1, 0.15) is 17.9 Å². The third-order valence-electron chi connectivity index (χ3n) is 2.82. The first-order valence-electron chi connectivity index (χ1n) is 5.96. The molecule has 2 rings (SSSR count). The van der Waals surface area contributed by atoms with Gasteiger partial charge in [-0.1, -0.05) is 12.1 Å². The maximum absolute atomic E-state index is 5.12. The van der Waals surface area contributed by atoms with E-state index in [9.17, 15) is 0 Å². The summed E-state index contributed by atoms with van der Waals surface area (Å²) in [7, 11) is 3.63. The van der Waals surface area contributed by atoms with Crippen LogP contribution in [-0.4, -0.2) is 28.4 Å². The number of methoxy groups -OCH3 is 1. The lowest BCUT2D eigenvalue weighted by molar-refractivity contribution is 0.414. The molecule has 0 aliphatic rings. The van der Waals surface area contributed by atoms with E-state index >= 15 is 0 Å². The number of nitrogens with one attached hydrogen (secondary N) is 1. The average Bonchev–Trinajstić information content (AvgIpc) is 2.81. The van der Waals surface area contributed by atoms with Crippen LogP contribution in [0.5, 0.6) is 5.75 Å². The minimum absolute atomic E-state index is 0.849. The maximum Gasteiger partial charge on any atom is 0.133 e. The third kappa shape index (κ3) is 3.30. The van der Waals surface area contributed by atoms with E-state index in [1.54, 1.807) is 13.4 Å². The summed E-state index contributed by atoms with van der Waals surface area (Å²) < 4.78 is 7.06. The van der Waals surface area contributed by atoms with Gasteiger partial charge in [0.15, 0.2) is 0 Å². The Morgan fingerprint density at radius 3 is 2.67 bits per heavy atom. The van der Waals surface area contributed by atoms with Gasteiger partial charge in [-0.2, -0.15) is 0 Å². The smallest absolute Gasteiger partial charge is 0.133 e. The number of aromatic nitrogens is 3. The first kappa shape index (κ1) is 12.6. The van der Waals surface area contributed by atoms with Crippen molar-refractivity contribution in [1.29, 1.82) is 0 Å². The fraction of sp³-hybridized carbons (Fsp3) is 0.385. The van der Waals surface area contributed by atoms with Crippen LogP contribution >= 0.6 is 0 Å². The molecule has 1 heterocycles. The maximum atomic E-state index is 5.12. The van der Waals surface area contributed by atoms with Gasteiger partial charge in [0.05, 0.1) is 7.11 Å². The summed E-state index contributed by atoms with van der Waals surface area (Å²) in [5.74, 6) is 1.88. The second-order valence-electron chi connectivity index (χ2n) is 4.13. The summed E-state index contributed by atoms with van der Waals surface area (Å²) in [6, 6.07) is 8.07. The molecule has 1 aromatic heterocycles. The summed E-state index contributed by atoms with van der Waals surface area (Å²) in [4.78, 5) is 0. The van der Waals surface area contributed by atoms with Crippen molar-refractivity contribution in [2.24, 2.45) is 7.05 Å². The molecule has 0 atom stereocenters. The number of benzene rings is 1. The van der Waals surface area contributed by atoms with Crippen molar-refractivity contribution >= 4 is 0 Å². The van der Waals surface area contributed by atoms with Gasteiger partial charge in [0.2, 0.25) is 0 Å². The van der Waals surface area contributed by atoms with E-state index in [1.165, 1.54) is 5.56 Å². The van der Waals surface area contributed by atoms with Crippen LogP contribution in [0.15, 0.2) is 30.6 Å². The minimum Gasteiger partial charge on any atom is -0.497 e. The van der Waals surface area contributed by atoms with Gasteiger partial charge in [-0.3, -0.25) is 0 Å². The number of ether oxygens (including phenoxy) is 1. The molecular formula is C13H18N4O. The van der Waals surface area contributed by atoms with Gasteiger partial charge in [-0.25, -0.2) is 0 Å². The zero-order valence-corrected chi connectivity index (χ0v) is 10.8. The SMILES string of the molecule is COc1ccc(CNCCc2nncn2C)cc1. The summed E-state index contributed by atoms with van der Waals surface area (Å²) in [6.07, 6.45) is 2.60. The molecule has 5 nitrogen and oxygen atoms in total. The third-order valence-corrected chi connectivity index (χ3v) is 2.82. The van der Waals surface area contributed by atoms with Crippen molar-refractivity contribution in [1.82, 2.24) is 20.1 Å². The van der Waals surface area contributed by atoms with Crippen LogP contribution in [-0.2, 0) is 20.0 Å². The monoisotopic (exact) mass is 246 g/mol. The van der Waals surface area contributed by atoms with Gasteiger partial charge in [0, 0.05) is 26.6 Å². The first-order chi connectivity index (χ1) is 8.79. The summed E-state index contributed by atoms with van der Waals surface area (Å²) in [5, 5.41) is 11.3. The Labute approximate surface area is 107 Å². The number of hydrogen-bond acceptors (Lipinski definition) is 4. The Balaban J connectivity index is 1.73. The normalized spacial score (nSPS) is 10.6. The molecule has 96 valence electrons. The summed E-state index contributed by atoms with van der Waals surface area (Å²) in [6.45, 7) is 1.74. The Bertz CT molecular complexity index is 478. The Morgan fingerprint density at radius 1 is 1.28 bits per heavy atom. The molecule has 18 heavy (non-hydrogen) atoms. The van der Waals surface area contributed by atoms with Crippen LogP contribution in [0.25, 0.3) is 0 Å². The van der Waals surface area contributed by atoms with E-state index in [4.69, 9.17) is 4.74 Å². The topological polar surface area (TPSA) is 52.0 Å². The standard InChI is InChI=1S/C13H18N4O/c1-17-10-15-16-13(17)7-8-14-9-11-3-5-12(18-2)6-4-11/h3-6,10,14H,7-9H2,1-2H3. The number of aryl methyl sites for hydroxylation is 1. The van der Waals surface area contributed by atoms with Crippen molar-refractivity contribution in [3.63, 3.8) is 0 Å². The fourth-order valence-electron chi connectivity index (χ4n) is 1.71. The highest BCUT2D eigenvalue weighted by Gasteiger charge is 1.99. The van der Waals surface area contributed by atoms with Crippen molar-refractivity contribution in [3.05, 3.63) is 42.0 Å². The molecule has 0 saturated heterocycles. The molecule has 0 unspecified atom stereocenters. The van der Waals surface area contributed by atoms with Gasteiger partial charge in [0.25, 0.3) is 0 Å². The lowest BCUT2D eigenvalue weighted by Crippen LogP contribution is -2.18. The molecule has 1 aromatic carbocycles. The second-order valence-corrected chi connectivity index (χ2v) is 4.13. The average molecular weight is 246 g/mol. The molecule has 5 heteroatoms. The highest BCUT2D eigenvalue weighted by molar-refractivity contribution is 5.26. The Hall–Kier alpha value is -1.88. The zero-order valence-electron chi connectivity index (χ0n) is 10.8. The van der Waals surface area contributed by atoms with Crippen LogP contribution < -0.4 is 10.1 Å². The number of hydrogen-bond donors (Lipinski definition) is 1. The summed E-state index contributed by atoms with van der Waals surface area (Å²) in [5.41, 5.74) is 1.24. The molecule has 0 bridgehead atoms. The van der Waals surface area contributed by atoms with Gasteiger partial charge in [-0.05, 0) is 17.7 Å². The highest BCUT2D eigenvalue weighted by atomic mass is 16.5. The van der Waals surface area contributed by atoms with Crippen molar-refractivity contribution in [2.45, 2.75) is 13.0 Å². The predicted molar refractivity (Wildman–Crippen MR) is 69.4 cm³/mol. The van der Waals surface area contributed by atoms with Crippen LogP contribution in [0.1, 0.15) is 11.4 Å². The van der Waals surface area contributed by atoms with Crippen LogP contribution in [0.2, 0.25) is 0 Å². The van der Waals surface area contributed by atoms with Gasteiger partial charge in [-0.15, -0.1) is 10.2 Å². The van der Waals surface area contributed by atoms with Gasteiger partial charge >= 0.3 is 0 Å². The molecule has 1 N–H and O–H groups in total. The molecule has 0 fully saturated rings. The highest BCUT2D eigenvalue weighted by Crippen LogP contribution is 2.10. The number of rotatable bonds is 6. The predicted octanol–water partition coefficient (Wildman–Crippen LogP) is 1.16. The van der Waals surface area contributed by atoms with E-state index < -0.39 is 0 Å². The van der Waals surface area contributed by atoms with Crippen LogP contribution in [0.4, 0.5) is 0 Å². The molecule has 0 spiro atoms. The molecular weight excluding hydrogens is 228 g/mol. The molecule has 0 aliphatic heterocycles. The molecule has 0 radical (unpaired) electrons. The Morgan fingerprint density at radius 2 is 2.06 bits per heavy atom. The van der Waals surface area contributed by atoms with E-state index in [2.05, 4.69) is 27.6 Å². The van der Waals surface area contributed by atoms with Crippen molar-refractivity contribution < 1.29 is 4.74 Å². The van der Waals surface area contributed by atoms with Gasteiger partial charge < -0.3 is 14.6 Å². The molecule has 0 aliphatic carbocycles. The van der Waals surface area contributed by atoms with Crippen molar-refractivity contribution in [3.8, 4) is 5.75 Å². The molecule has 0 amide bonds. The lowest BCUT2D eigenvalue weighted by Gasteiger charge is -2.05. The quantitative estimate of drug-likeness (QED) is 0.777. The minimum atomic E-state index is 0.849. The summed E-state index contributed by atoms with van der Waals surface area (Å²) >= 11 is 0. The molecule has 0 saturated carbocycles. The van der Waals surface area contributed by atoms with E-state index in [0.29, 0.717) is 0 Å². The van der Waals surface area contributed by atoms with E-state index in [1.807, 2.05) is 23.7 Å². The van der Waals surface area contributed by atoms with Crippen LogP contribution in [0.3, 0.4) is 0 Å². The van der Waals surface area contributed by atoms with Crippen LogP contribution in [0, 0.1) is 0 Å². The fourth-order valence-corrected chi connectivity index (χ4v) is 1.71. The molecule has 2 aromatic rings. The van der Waals surface area contributed by atoms with E-state index in [-0.39, 0.29) is 0 Å². The number of nitrogens with zero attached hydrogens (tertiary/aromatic N) is 3. The first-order valence-corrected chi connectivity index (χ1v) is 5.96. The Kier molecular flexibility index (Phi) is 4.30.